The maximum Gasteiger partial charge on any atom is 0.142 e. The molecule has 0 saturated heterocycles. The van der Waals surface area contributed by atoms with Gasteiger partial charge in [0.2, 0.25) is 0 Å². The van der Waals surface area contributed by atoms with E-state index in [9.17, 15) is 0 Å². The zero-order valence-corrected chi connectivity index (χ0v) is 15.0. The number of benzene rings is 1. The van der Waals surface area contributed by atoms with Gasteiger partial charge < -0.3 is 20.8 Å². The van der Waals surface area contributed by atoms with Crippen LogP contribution in [0.3, 0.4) is 0 Å². The Morgan fingerprint density at radius 3 is 2.46 bits per heavy atom. The molecule has 0 bridgehead atoms. The van der Waals surface area contributed by atoms with Crippen LogP contribution in [-0.2, 0) is 0 Å². The highest BCUT2D eigenvalue weighted by Crippen LogP contribution is 2.30. The van der Waals surface area contributed by atoms with Crippen molar-refractivity contribution in [2.45, 2.75) is 6.92 Å². The van der Waals surface area contributed by atoms with Gasteiger partial charge in [0.15, 0.2) is 0 Å². The standard InChI is InChI=1S/C18H17ClN6O/c1-11-5-15(26-2)14(6-12(11)8-20)24-17-7-18(23-10-22-17)25-16-4-3-13(19)9-21-16/h3-10,20H,1-2H3,(H2,21,22,23,24,25). The van der Waals surface area contributed by atoms with Crippen LogP contribution in [0.1, 0.15) is 11.1 Å². The average Bonchev–Trinajstić information content (AvgIpc) is 2.65. The number of ether oxygens (including phenoxy) is 1. The number of methoxy groups -OCH3 is 1. The Kier molecular flexibility index (Phi) is 5.28. The SMILES string of the molecule is COc1cc(C)c(C=N)cc1Nc1cc(Nc2ccc(Cl)cn2)ncn1. The van der Waals surface area contributed by atoms with Crippen LogP contribution in [0.5, 0.6) is 5.75 Å². The lowest BCUT2D eigenvalue weighted by Crippen LogP contribution is -2.02. The molecule has 8 heteroatoms. The fourth-order valence-corrected chi connectivity index (χ4v) is 2.45. The minimum Gasteiger partial charge on any atom is -0.495 e. The normalized spacial score (nSPS) is 10.3. The largest absolute Gasteiger partial charge is 0.495 e. The molecule has 2 aromatic heterocycles. The zero-order chi connectivity index (χ0) is 18.5. The van der Waals surface area contributed by atoms with Crippen LogP contribution < -0.4 is 15.4 Å². The van der Waals surface area contributed by atoms with Gasteiger partial charge in [0.05, 0.1) is 17.8 Å². The summed E-state index contributed by atoms with van der Waals surface area (Å²) in [6, 6.07) is 8.97. The highest BCUT2D eigenvalue weighted by molar-refractivity contribution is 6.30. The molecule has 0 saturated carbocycles. The van der Waals surface area contributed by atoms with Crippen LogP contribution in [0.25, 0.3) is 0 Å². The van der Waals surface area contributed by atoms with Crippen LogP contribution in [0.15, 0.2) is 42.9 Å². The van der Waals surface area contributed by atoms with Gasteiger partial charge in [-0.3, -0.25) is 0 Å². The van der Waals surface area contributed by atoms with Crippen molar-refractivity contribution < 1.29 is 4.74 Å². The highest BCUT2D eigenvalue weighted by Gasteiger charge is 2.09. The molecule has 0 fully saturated rings. The molecule has 3 aromatic rings. The Morgan fingerprint density at radius 1 is 1.04 bits per heavy atom. The number of rotatable bonds is 6. The average molecular weight is 369 g/mol. The summed E-state index contributed by atoms with van der Waals surface area (Å²) in [4.78, 5) is 12.6. The molecular weight excluding hydrogens is 352 g/mol. The van der Waals surface area contributed by atoms with Crippen molar-refractivity contribution in [1.82, 2.24) is 15.0 Å². The fourth-order valence-electron chi connectivity index (χ4n) is 2.33. The maximum atomic E-state index is 7.52. The van der Waals surface area contributed by atoms with E-state index in [4.69, 9.17) is 21.7 Å². The van der Waals surface area contributed by atoms with Crippen LogP contribution in [-0.4, -0.2) is 28.3 Å². The summed E-state index contributed by atoms with van der Waals surface area (Å²) in [6.07, 6.45) is 4.30. The van der Waals surface area contributed by atoms with E-state index in [1.807, 2.05) is 19.1 Å². The number of aryl methyl sites for hydroxylation is 1. The molecule has 0 aliphatic rings. The molecule has 0 radical (unpaired) electrons. The molecular formula is C18H17ClN6O. The maximum absolute atomic E-state index is 7.52. The van der Waals surface area contributed by atoms with Crippen LogP contribution in [0.4, 0.5) is 23.1 Å². The zero-order valence-electron chi connectivity index (χ0n) is 14.2. The topological polar surface area (TPSA) is 95.8 Å². The van der Waals surface area contributed by atoms with Gasteiger partial charge in [-0.25, -0.2) is 15.0 Å². The minimum absolute atomic E-state index is 0.564. The predicted octanol–water partition coefficient (Wildman–Crippen LogP) is 4.33. The van der Waals surface area contributed by atoms with Gasteiger partial charge in [0.1, 0.15) is 29.5 Å². The van der Waals surface area contributed by atoms with Crippen molar-refractivity contribution in [2.24, 2.45) is 0 Å². The second-order valence-corrected chi connectivity index (χ2v) is 5.89. The van der Waals surface area contributed by atoms with E-state index in [2.05, 4.69) is 25.6 Å². The number of pyridine rings is 1. The van der Waals surface area contributed by atoms with E-state index in [1.54, 1.807) is 31.5 Å². The van der Waals surface area contributed by atoms with Crippen molar-refractivity contribution in [3.05, 3.63) is 59.0 Å². The summed E-state index contributed by atoms with van der Waals surface area (Å²) in [5.41, 5.74) is 2.47. The Morgan fingerprint density at radius 2 is 1.81 bits per heavy atom. The third-order valence-electron chi connectivity index (χ3n) is 3.66. The quantitative estimate of drug-likeness (QED) is 0.560. The lowest BCUT2D eigenvalue weighted by atomic mass is 10.1. The van der Waals surface area contributed by atoms with E-state index in [-0.39, 0.29) is 0 Å². The fraction of sp³-hybridized carbons (Fsp3) is 0.111. The van der Waals surface area contributed by atoms with E-state index >= 15 is 0 Å². The van der Waals surface area contributed by atoms with Gasteiger partial charge in [0.25, 0.3) is 0 Å². The van der Waals surface area contributed by atoms with Gasteiger partial charge in [-0.15, -0.1) is 0 Å². The summed E-state index contributed by atoms with van der Waals surface area (Å²) in [6.45, 7) is 1.93. The second kappa shape index (κ2) is 7.79. The molecule has 7 nitrogen and oxygen atoms in total. The van der Waals surface area contributed by atoms with Crippen molar-refractivity contribution in [1.29, 1.82) is 5.41 Å². The Labute approximate surface area is 156 Å². The summed E-state index contributed by atoms with van der Waals surface area (Å²) in [5.74, 6) is 2.45. The summed E-state index contributed by atoms with van der Waals surface area (Å²) in [7, 11) is 1.60. The number of nitrogens with one attached hydrogen (secondary N) is 3. The van der Waals surface area contributed by atoms with Gasteiger partial charge in [-0.1, -0.05) is 11.6 Å². The van der Waals surface area contributed by atoms with Crippen molar-refractivity contribution in [3.63, 3.8) is 0 Å². The minimum atomic E-state index is 0.564. The second-order valence-electron chi connectivity index (χ2n) is 5.45. The molecule has 0 aliphatic carbocycles. The van der Waals surface area contributed by atoms with Gasteiger partial charge in [-0.2, -0.15) is 0 Å². The lowest BCUT2D eigenvalue weighted by molar-refractivity contribution is 0.416. The molecule has 3 N–H and O–H groups in total. The number of halogens is 1. The molecule has 26 heavy (non-hydrogen) atoms. The van der Waals surface area contributed by atoms with Gasteiger partial charge in [0, 0.05) is 18.5 Å². The molecule has 0 atom stereocenters. The first kappa shape index (κ1) is 17.6. The number of anilines is 4. The first-order valence-corrected chi connectivity index (χ1v) is 8.13. The number of nitrogens with zero attached hydrogens (tertiary/aromatic N) is 3. The summed E-state index contributed by atoms with van der Waals surface area (Å²) < 4.78 is 5.42. The Hall–Kier alpha value is -3.19. The monoisotopic (exact) mass is 368 g/mol. The molecule has 132 valence electrons. The molecule has 0 unspecified atom stereocenters. The Bertz CT molecular complexity index is 929. The van der Waals surface area contributed by atoms with Crippen molar-refractivity contribution >= 4 is 41.0 Å². The number of hydrogen-bond donors (Lipinski definition) is 3. The van der Waals surface area contributed by atoms with Crippen molar-refractivity contribution in [2.75, 3.05) is 17.7 Å². The third-order valence-corrected chi connectivity index (χ3v) is 3.88. The molecule has 0 amide bonds. The first-order chi connectivity index (χ1) is 12.6. The van der Waals surface area contributed by atoms with E-state index < -0.39 is 0 Å². The molecule has 3 rings (SSSR count). The number of aromatic nitrogens is 3. The molecule has 0 spiro atoms. The van der Waals surface area contributed by atoms with E-state index in [1.165, 1.54) is 12.5 Å². The summed E-state index contributed by atoms with van der Waals surface area (Å²) >= 11 is 5.84. The predicted molar refractivity (Wildman–Crippen MR) is 103 cm³/mol. The molecule has 0 aliphatic heterocycles. The molecule has 1 aromatic carbocycles. The molecule has 2 heterocycles. The smallest absolute Gasteiger partial charge is 0.142 e. The van der Waals surface area contributed by atoms with Crippen molar-refractivity contribution in [3.8, 4) is 5.75 Å². The van der Waals surface area contributed by atoms with E-state index in [0.717, 1.165) is 11.1 Å². The van der Waals surface area contributed by atoms with Gasteiger partial charge in [-0.05, 0) is 42.3 Å². The van der Waals surface area contributed by atoms with Crippen LogP contribution in [0, 0.1) is 12.3 Å². The van der Waals surface area contributed by atoms with E-state index in [0.29, 0.717) is 33.9 Å². The third kappa shape index (κ3) is 4.07. The lowest BCUT2D eigenvalue weighted by Gasteiger charge is -2.14. The van der Waals surface area contributed by atoms with Crippen LogP contribution >= 0.6 is 11.6 Å². The Balaban J connectivity index is 1.85. The highest BCUT2D eigenvalue weighted by atomic mass is 35.5. The van der Waals surface area contributed by atoms with Crippen LogP contribution in [0.2, 0.25) is 5.02 Å². The number of hydrogen-bond acceptors (Lipinski definition) is 7. The first-order valence-electron chi connectivity index (χ1n) is 7.76. The van der Waals surface area contributed by atoms with Gasteiger partial charge >= 0.3 is 0 Å². The summed E-state index contributed by atoms with van der Waals surface area (Å²) in [5, 5.41) is 14.4.